The molecule has 1 aromatic heterocycles. The second kappa shape index (κ2) is 7.28. The van der Waals surface area contributed by atoms with Gasteiger partial charge in [-0.05, 0) is 32.1 Å². The number of hydrogen-bond acceptors (Lipinski definition) is 6. The van der Waals surface area contributed by atoms with Gasteiger partial charge in [-0.2, -0.15) is 9.97 Å². The number of nitrogens with one attached hydrogen (secondary N) is 2. The van der Waals surface area contributed by atoms with E-state index in [1.807, 2.05) is 6.07 Å². The highest BCUT2D eigenvalue weighted by atomic mass is 16.5. The molecule has 1 fully saturated rings. The third kappa shape index (κ3) is 4.23. The predicted octanol–water partition coefficient (Wildman–Crippen LogP) is 2.11. The summed E-state index contributed by atoms with van der Waals surface area (Å²) in [4.78, 5) is 8.45. The van der Waals surface area contributed by atoms with Gasteiger partial charge in [0.1, 0.15) is 11.6 Å². The first-order valence-electron chi connectivity index (χ1n) is 7.41. The third-order valence-electron chi connectivity index (χ3n) is 3.65. The maximum absolute atomic E-state index is 5.76. The Balaban J connectivity index is 1.98. The van der Waals surface area contributed by atoms with Crippen molar-refractivity contribution in [2.75, 3.05) is 36.1 Å². The van der Waals surface area contributed by atoms with Crippen molar-refractivity contribution in [3.05, 3.63) is 6.07 Å². The molecular formula is C14H25N5O. The topological polar surface area (TPSA) is 85.1 Å². The third-order valence-corrected chi connectivity index (χ3v) is 3.65. The Bertz CT molecular complexity index is 420. The van der Waals surface area contributed by atoms with E-state index in [0.29, 0.717) is 17.9 Å². The van der Waals surface area contributed by atoms with Gasteiger partial charge < -0.3 is 21.1 Å². The predicted molar refractivity (Wildman–Crippen MR) is 81.9 cm³/mol. The van der Waals surface area contributed by atoms with Crippen molar-refractivity contribution in [1.82, 2.24) is 9.97 Å². The molecule has 0 aliphatic carbocycles. The summed E-state index contributed by atoms with van der Waals surface area (Å²) in [7, 11) is 0. The molecule has 1 aliphatic rings. The molecule has 6 nitrogen and oxygen atoms in total. The summed E-state index contributed by atoms with van der Waals surface area (Å²) in [6, 6.07) is 2.27. The van der Waals surface area contributed by atoms with E-state index in [1.165, 1.54) is 0 Å². The van der Waals surface area contributed by atoms with Crippen LogP contribution in [0.1, 0.15) is 33.1 Å². The van der Waals surface area contributed by atoms with Gasteiger partial charge in [0.05, 0.1) is 0 Å². The first-order chi connectivity index (χ1) is 9.69. The maximum atomic E-state index is 5.76. The van der Waals surface area contributed by atoms with Crippen LogP contribution in [-0.2, 0) is 4.74 Å². The Morgan fingerprint density at radius 2 is 2.05 bits per heavy atom. The molecule has 2 heterocycles. The number of ether oxygens (including phenoxy) is 1. The number of nitrogens with two attached hydrogens (primary N) is 1. The standard InChI is InChI=1S/C14H25N5O/c1-3-6-16-12-9-13(19-14(15)18-12)17-10(2)11-4-7-20-8-5-11/h9-11H,3-8H2,1-2H3,(H4,15,16,17,18,19). The lowest BCUT2D eigenvalue weighted by Crippen LogP contribution is -2.31. The molecular weight excluding hydrogens is 254 g/mol. The van der Waals surface area contributed by atoms with Crippen molar-refractivity contribution in [3.63, 3.8) is 0 Å². The number of aromatic nitrogens is 2. The van der Waals surface area contributed by atoms with E-state index in [9.17, 15) is 0 Å². The van der Waals surface area contributed by atoms with Crippen molar-refractivity contribution < 1.29 is 4.74 Å². The summed E-state index contributed by atoms with van der Waals surface area (Å²) in [5.41, 5.74) is 5.76. The first-order valence-corrected chi connectivity index (χ1v) is 7.41. The van der Waals surface area contributed by atoms with Crippen molar-refractivity contribution in [2.24, 2.45) is 5.92 Å². The lowest BCUT2D eigenvalue weighted by atomic mass is 9.93. The molecule has 2 rings (SSSR count). The second-order valence-electron chi connectivity index (χ2n) is 5.31. The summed E-state index contributed by atoms with van der Waals surface area (Å²) in [6.45, 7) is 6.89. The van der Waals surface area contributed by atoms with Crippen LogP contribution < -0.4 is 16.4 Å². The quantitative estimate of drug-likeness (QED) is 0.739. The zero-order valence-electron chi connectivity index (χ0n) is 12.4. The average Bonchev–Trinajstić information content (AvgIpc) is 2.45. The van der Waals surface area contributed by atoms with Gasteiger partial charge in [0.2, 0.25) is 5.95 Å². The Morgan fingerprint density at radius 1 is 1.35 bits per heavy atom. The highest BCUT2D eigenvalue weighted by Crippen LogP contribution is 2.22. The highest BCUT2D eigenvalue weighted by Gasteiger charge is 2.20. The summed E-state index contributed by atoms with van der Waals surface area (Å²) in [6.07, 6.45) is 3.23. The average molecular weight is 279 g/mol. The smallest absolute Gasteiger partial charge is 0.223 e. The molecule has 20 heavy (non-hydrogen) atoms. The van der Waals surface area contributed by atoms with E-state index in [-0.39, 0.29) is 0 Å². The molecule has 1 aromatic rings. The maximum Gasteiger partial charge on any atom is 0.223 e. The molecule has 0 radical (unpaired) electrons. The molecule has 0 bridgehead atoms. The number of nitrogens with zero attached hydrogens (tertiary/aromatic N) is 2. The molecule has 1 atom stereocenters. The van der Waals surface area contributed by atoms with Gasteiger partial charge in [-0.3, -0.25) is 0 Å². The lowest BCUT2D eigenvalue weighted by molar-refractivity contribution is 0.0622. The number of hydrogen-bond donors (Lipinski definition) is 3. The van der Waals surface area contributed by atoms with Crippen molar-refractivity contribution >= 4 is 17.6 Å². The number of anilines is 3. The van der Waals surface area contributed by atoms with Crippen LogP contribution in [0.2, 0.25) is 0 Å². The van der Waals surface area contributed by atoms with Gasteiger partial charge in [0.25, 0.3) is 0 Å². The second-order valence-corrected chi connectivity index (χ2v) is 5.31. The SMILES string of the molecule is CCCNc1cc(NC(C)C2CCOCC2)nc(N)n1. The minimum atomic E-state index is 0.299. The summed E-state index contributed by atoms with van der Waals surface area (Å²) in [5.74, 6) is 2.48. The van der Waals surface area contributed by atoms with E-state index in [0.717, 1.165) is 50.7 Å². The fourth-order valence-electron chi connectivity index (χ4n) is 2.45. The van der Waals surface area contributed by atoms with Gasteiger partial charge in [-0.15, -0.1) is 0 Å². The summed E-state index contributed by atoms with van der Waals surface area (Å²) >= 11 is 0. The molecule has 0 saturated carbocycles. The van der Waals surface area contributed by atoms with Crippen molar-refractivity contribution in [1.29, 1.82) is 0 Å². The molecule has 112 valence electrons. The van der Waals surface area contributed by atoms with E-state index in [4.69, 9.17) is 10.5 Å². The Labute approximate surface area is 120 Å². The zero-order chi connectivity index (χ0) is 14.4. The van der Waals surface area contributed by atoms with Crippen LogP contribution in [0.15, 0.2) is 6.07 Å². The fraction of sp³-hybridized carbons (Fsp3) is 0.714. The lowest BCUT2D eigenvalue weighted by Gasteiger charge is -2.28. The normalized spacial score (nSPS) is 17.7. The number of rotatable bonds is 6. The number of nitrogen functional groups attached to an aromatic ring is 1. The molecule has 1 saturated heterocycles. The molecule has 1 unspecified atom stereocenters. The van der Waals surface area contributed by atoms with E-state index in [2.05, 4.69) is 34.4 Å². The minimum Gasteiger partial charge on any atom is -0.381 e. The van der Waals surface area contributed by atoms with Gasteiger partial charge >= 0.3 is 0 Å². The Kier molecular flexibility index (Phi) is 5.40. The fourth-order valence-corrected chi connectivity index (χ4v) is 2.45. The van der Waals surface area contributed by atoms with E-state index in [1.54, 1.807) is 0 Å². The Hall–Kier alpha value is -1.56. The van der Waals surface area contributed by atoms with Crippen LogP contribution in [0.4, 0.5) is 17.6 Å². The van der Waals surface area contributed by atoms with Gasteiger partial charge in [0.15, 0.2) is 0 Å². The highest BCUT2D eigenvalue weighted by molar-refractivity contribution is 5.51. The van der Waals surface area contributed by atoms with Crippen LogP contribution in [0.5, 0.6) is 0 Å². The minimum absolute atomic E-state index is 0.299. The van der Waals surface area contributed by atoms with Crippen LogP contribution in [0.3, 0.4) is 0 Å². The van der Waals surface area contributed by atoms with Gasteiger partial charge in [-0.25, -0.2) is 0 Å². The summed E-state index contributed by atoms with van der Waals surface area (Å²) < 4.78 is 5.40. The van der Waals surface area contributed by atoms with E-state index < -0.39 is 0 Å². The zero-order valence-corrected chi connectivity index (χ0v) is 12.4. The molecule has 0 amide bonds. The van der Waals surface area contributed by atoms with Gasteiger partial charge in [0, 0.05) is 31.9 Å². The van der Waals surface area contributed by atoms with Crippen LogP contribution in [0, 0.1) is 5.92 Å². The van der Waals surface area contributed by atoms with Gasteiger partial charge in [-0.1, -0.05) is 6.92 Å². The van der Waals surface area contributed by atoms with E-state index >= 15 is 0 Å². The van der Waals surface area contributed by atoms with Crippen LogP contribution in [0.25, 0.3) is 0 Å². The molecule has 1 aliphatic heterocycles. The first kappa shape index (κ1) is 14.8. The molecule has 0 spiro atoms. The van der Waals surface area contributed by atoms with Crippen LogP contribution >= 0.6 is 0 Å². The van der Waals surface area contributed by atoms with Crippen molar-refractivity contribution in [3.8, 4) is 0 Å². The summed E-state index contributed by atoms with van der Waals surface area (Å²) in [5, 5.41) is 6.68. The Morgan fingerprint density at radius 3 is 2.75 bits per heavy atom. The van der Waals surface area contributed by atoms with Crippen molar-refractivity contribution in [2.45, 2.75) is 39.2 Å². The molecule has 6 heteroatoms. The molecule has 4 N–H and O–H groups in total. The molecule has 0 aromatic carbocycles. The monoisotopic (exact) mass is 279 g/mol. The largest absolute Gasteiger partial charge is 0.381 e. The van der Waals surface area contributed by atoms with Crippen LogP contribution in [-0.4, -0.2) is 35.8 Å².